The molecule has 1 heterocycles. The van der Waals surface area contributed by atoms with E-state index in [1.165, 1.54) is 6.07 Å². The van der Waals surface area contributed by atoms with E-state index in [1.54, 1.807) is 17.0 Å². The molecular formula is C13H16INO3. The van der Waals surface area contributed by atoms with Crippen molar-refractivity contribution in [3.05, 3.63) is 27.3 Å². The lowest BCUT2D eigenvalue weighted by atomic mass is 9.82. The van der Waals surface area contributed by atoms with Crippen molar-refractivity contribution in [3.63, 3.8) is 0 Å². The van der Waals surface area contributed by atoms with E-state index in [2.05, 4.69) is 0 Å². The number of aromatic hydroxyl groups is 1. The van der Waals surface area contributed by atoms with Crippen molar-refractivity contribution in [1.82, 2.24) is 4.90 Å². The van der Waals surface area contributed by atoms with E-state index >= 15 is 0 Å². The Morgan fingerprint density at radius 2 is 2.06 bits per heavy atom. The number of nitrogens with zero attached hydrogens (tertiary/aromatic N) is 1. The molecule has 18 heavy (non-hydrogen) atoms. The maximum absolute atomic E-state index is 12.1. The smallest absolute Gasteiger partial charge is 0.254 e. The van der Waals surface area contributed by atoms with Gasteiger partial charge < -0.3 is 15.1 Å². The van der Waals surface area contributed by atoms with Crippen LogP contribution in [0.4, 0.5) is 0 Å². The van der Waals surface area contributed by atoms with Crippen LogP contribution in [0, 0.1) is 9.49 Å². The second-order valence-corrected chi connectivity index (χ2v) is 6.25. The van der Waals surface area contributed by atoms with Crippen LogP contribution >= 0.6 is 22.6 Å². The first-order valence-corrected chi connectivity index (χ1v) is 6.91. The number of hydrogen-bond donors (Lipinski definition) is 2. The van der Waals surface area contributed by atoms with Crippen LogP contribution in [0.1, 0.15) is 24.2 Å². The van der Waals surface area contributed by atoms with E-state index < -0.39 is 5.60 Å². The summed E-state index contributed by atoms with van der Waals surface area (Å²) in [6, 6.07) is 4.87. The van der Waals surface area contributed by atoms with Crippen molar-refractivity contribution >= 4 is 28.5 Å². The Kier molecular flexibility index (Phi) is 3.55. The first-order chi connectivity index (χ1) is 8.33. The Bertz CT molecular complexity index is 481. The number of halogens is 1. The topological polar surface area (TPSA) is 60.8 Å². The number of carbonyl (C=O) groups excluding carboxylic acids is 1. The van der Waals surface area contributed by atoms with Crippen molar-refractivity contribution in [2.24, 2.45) is 5.92 Å². The number of hydrogen-bond acceptors (Lipinski definition) is 3. The van der Waals surface area contributed by atoms with Crippen LogP contribution in [-0.2, 0) is 0 Å². The van der Waals surface area contributed by atoms with Crippen LogP contribution in [0.25, 0.3) is 0 Å². The Morgan fingerprint density at radius 3 is 2.56 bits per heavy atom. The second kappa shape index (κ2) is 4.70. The SMILES string of the molecule is CC(C)C1(O)CN(C(=O)c2ccc(I)c(O)c2)C1. The molecule has 1 aromatic carbocycles. The summed E-state index contributed by atoms with van der Waals surface area (Å²) in [5, 5.41) is 19.7. The van der Waals surface area contributed by atoms with E-state index in [4.69, 9.17) is 0 Å². The summed E-state index contributed by atoms with van der Waals surface area (Å²) in [7, 11) is 0. The average Bonchev–Trinajstić information content (AvgIpc) is 2.27. The number of amides is 1. The molecule has 1 saturated heterocycles. The van der Waals surface area contributed by atoms with Crippen molar-refractivity contribution in [1.29, 1.82) is 0 Å². The Balaban J connectivity index is 2.08. The van der Waals surface area contributed by atoms with Gasteiger partial charge in [0, 0.05) is 5.56 Å². The molecule has 0 bridgehead atoms. The van der Waals surface area contributed by atoms with Gasteiger partial charge in [-0.25, -0.2) is 0 Å². The molecule has 2 N–H and O–H groups in total. The summed E-state index contributed by atoms with van der Waals surface area (Å²) in [5.74, 6) is 0.0970. The number of rotatable bonds is 2. The molecule has 0 unspecified atom stereocenters. The van der Waals surface area contributed by atoms with Gasteiger partial charge in [-0.3, -0.25) is 4.79 Å². The van der Waals surface area contributed by atoms with E-state index in [0.29, 0.717) is 22.2 Å². The van der Waals surface area contributed by atoms with E-state index in [-0.39, 0.29) is 17.6 Å². The third-order valence-electron chi connectivity index (χ3n) is 3.48. The van der Waals surface area contributed by atoms with Gasteiger partial charge in [0.25, 0.3) is 5.91 Å². The lowest BCUT2D eigenvalue weighted by Crippen LogP contribution is -2.65. The van der Waals surface area contributed by atoms with E-state index in [0.717, 1.165) is 0 Å². The molecule has 1 amide bonds. The summed E-state index contributed by atoms with van der Waals surface area (Å²) in [6.07, 6.45) is 0. The van der Waals surface area contributed by atoms with E-state index in [9.17, 15) is 15.0 Å². The predicted molar refractivity (Wildman–Crippen MR) is 76.5 cm³/mol. The highest BCUT2D eigenvalue weighted by Gasteiger charge is 2.45. The van der Waals surface area contributed by atoms with Gasteiger partial charge in [0.15, 0.2) is 0 Å². The minimum atomic E-state index is -0.763. The number of carbonyl (C=O) groups is 1. The molecule has 0 radical (unpaired) electrons. The molecule has 0 aromatic heterocycles. The van der Waals surface area contributed by atoms with E-state index in [1.807, 2.05) is 36.4 Å². The molecule has 4 nitrogen and oxygen atoms in total. The summed E-state index contributed by atoms with van der Waals surface area (Å²) in [5.41, 5.74) is -0.306. The van der Waals surface area contributed by atoms with Crippen molar-refractivity contribution in [2.75, 3.05) is 13.1 Å². The Hall–Kier alpha value is -0.820. The van der Waals surface area contributed by atoms with Crippen LogP contribution in [0.5, 0.6) is 5.75 Å². The Labute approximate surface area is 120 Å². The standard InChI is InChI=1S/C13H16INO3/c1-8(2)13(18)6-15(7-13)12(17)9-3-4-10(14)11(16)5-9/h3-5,8,16,18H,6-7H2,1-2H3. The molecule has 1 aliphatic rings. The van der Waals surface area contributed by atoms with Gasteiger partial charge in [0.05, 0.1) is 16.7 Å². The van der Waals surface area contributed by atoms with Gasteiger partial charge in [0.2, 0.25) is 0 Å². The van der Waals surface area contributed by atoms with Gasteiger partial charge in [-0.15, -0.1) is 0 Å². The quantitative estimate of drug-likeness (QED) is 0.791. The molecule has 98 valence electrons. The fourth-order valence-electron chi connectivity index (χ4n) is 1.95. The highest BCUT2D eigenvalue weighted by atomic mass is 127. The van der Waals surface area contributed by atoms with Crippen molar-refractivity contribution in [3.8, 4) is 5.75 Å². The fraction of sp³-hybridized carbons (Fsp3) is 0.462. The van der Waals surface area contributed by atoms with Crippen LogP contribution in [0.3, 0.4) is 0 Å². The monoisotopic (exact) mass is 361 g/mol. The van der Waals surface area contributed by atoms with Crippen LogP contribution in [0.2, 0.25) is 0 Å². The number of benzene rings is 1. The molecule has 0 spiro atoms. The summed E-state index contributed by atoms with van der Waals surface area (Å²) >= 11 is 2.00. The number of β-amino-alcohol motifs (C(OH)–C–C–N with tert-alkyl or cyclic N) is 1. The lowest BCUT2D eigenvalue weighted by Gasteiger charge is -2.49. The minimum Gasteiger partial charge on any atom is -0.507 e. The lowest BCUT2D eigenvalue weighted by molar-refractivity contribution is -0.110. The zero-order chi connectivity index (χ0) is 13.5. The van der Waals surface area contributed by atoms with Gasteiger partial charge in [0.1, 0.15) is 11.4 Å². The highest BCUT2D eigenvalue weighted by Crippen LogP contribution is 2.30. The molecule has 2 rings (SSSR count). The normalized spacial score (nSPS) is 17.7. The van der Waals surface area contributed by atoms with Gasteiger partial charge in [-0.1, -0.05) is 13.8 Å². The first-order valence-electron chi connectivity index (χ1n) is 5.83. The van der Waals surface area contributed by atoms with Gasteiger partial charge in [-0.2, -0.15) is 0 Å². The van der Waals surface area contributed by atoms with Gasteiger partial charge >= 0.3 is 0 Å². The van der Waals surface area contributed by atoms with Crippen molar-refractivity contribution < 1.29 is 15.0 Å². The fourth-order valence-corrected chi connectivity index (χ4v) is 2.29. The first kappa shape index (κ1) is 13.6. The summed E-state index contributed by atoms with van der Waals surface area (Å²) in [4.78, 5) is 13.7. The average molecular weight is 361 g/mol. The van der Waals surface area contributed by atoms with Crippen LogP contribution in [-0.4, -0.2) is 39.7 Å². The Morgan fingerprint density at radius 1 is 1.44 bits per heavy atom. The largest absolute Gasteiger partial charge is 0.507 e. The zero-order valence-corrected chi connectivity index (χ0v) is 12.5. The third kappa shape index (κ3) is 2.33. The maximum atomic E-state index is 12.1. The number of phenolic OH excluding ortho intramolecular Hbond substituents is 1. The molecule has 1 aromatic rings. The third-order valence-corrected chi connectivity index (χ3v) is 4.40. The van der Waals surface area contributed by atoms with Crippen molar-refractivity contribution in [2.45, 2.75) is 19.4 Å². The molecule has 0 aliphatic carbocycles. The number of likely N-dealkylation sites (tertiary alicyclic amines) is 1. The predicted octanol–water partition coefficient (Wildman–Crippen LogP) is 1.84. The maximum Gasteiger partial charge on any atom is 0.254 e. The minimum absolute atomic E-state index is 0.112. The van der Waals surface area contributed by atoms with Crippen LogP contribution in [0.15, 0.2) is 18.2 Å². The van der Waals surface area contributed by atoms with Crippen LogP contribution < -0.4 is 0 Å². The molecule has 5 heteroatoms. The zero-order valence-electron chi connectivity index (χ0n) is 10.4. The molecular weight excluding hydrogens is 345 g/mol. The molecule has 1 aliphatic heterocycles. The number of phenols is 1. The summed E-state index contributed by atoms with van der Waals surface area (Å²) < 4.78 is 0.714. The summed E-state index contributed by atoms with van der Waals surface area (Å²) in [6.45, 7) is 4.60. The highest BCUT2D eigenvalue weighted by molar-refractivity contribution is 14.1. The van der Waals surface area contributed by atoms with Gasteiger partial charge in [-0.05, 0) is 46.7 Å². The molecule has 1 fully saturated rings. The number of aliphatic hydroxyl groups is 1. The molecule has 0 atom stereocenters. The second-order valence-electron chi connectivity index (χ2n) is 5.09. The molecule has 0 saturated carbocycles.